The van der Waals surface area contributed by atoms with Crippen LogP contribution in [0.3, 0.4) is 0 Å². The second-order valence-electron chi connectivity index (χ2n) is 6.98. The Morgan fingerprint density at radius 3 is 2.37 bits per heavy atom. The molecule has 0 heterocycles. The normalized spacial score (nSPS) is 10.2. The van der Waals surface area contributed by atoms with Crippen molar-refractivity contribution in [1.29, 1.82) is 0 Å². The third-order valence-electron chi connectivity index (χ3n) is 4.33. The molecule has 0 aliphatic carbocycles. The number of nitrogens with zero attached hydrogens (tertiary/aromatic N) is 1. The smallest absolute Gasteiger partial charge is 0.253 e. The number of anilines is 2. The Balaban J connectivity index is 1.53. The molecule has 0 bridgehead atoms. The highest BCUT2D eigenvalue weighted by Gasteiger charge is 2.09. The van der Waals surface area contributed by atoms with Gasteiger partial charge in [-0.3, -0.25) is 9.59 Å². The molecule has 3 aromatic rings. The van der Waals surface area contributed by atoms with Gasteiger partial charge in [0.25, 0.3) is 5.91 Å². The number of carbonyl (C=O) groups excluding carboxylic acids is 2. The maximum absolute atomic E-state index is 12.3. The molecule has 3 rings (SSSR count). The minimum absolute atomic E-state index is 0.0781. The minimum Gasteiger partial charge on any atom is -0.489 e. The zero-order chi connectivity index (χ0) is 21.3. The molecule has 0 radical (unpaired) electrons. The van der Waals surface area contributed by atoms with Crippen molar-refractivity contribution in [2.45, 2.75) is 6.61 Å². The number of hydrogen-bond donors (Lipinski definition) is 2. The number of carbonyl (C=O) groups is 2. The molecule has 0 aromatic heterocycles. The summed E-state index contributed by atoms with van der Waals surface area (Å²) in [5.41, 5.74) is 3.00. The maximum Gasteiger partial charge on any atom is 0.253 e. The van der Waals surface area contributed by atoms with E-state index in [1.165, 1.54) is 4.90 Å². The van der Waals surface area contributed by atoms with Gasteiger partial charge in [-0.1, -0.05) is 42.5 Å². The van der Waals surface area contributed by atoms with Crippen molar-refractivity contribution in [2.24, 2.45) is 0 Å². The second kappa shape index (κ2) is 10.1. The molecule has 2 amide bonds. The largest absolute Gasteiger partial charge is 0.489 e. The third kappa shape index (κ3) is 6.10. The van der Waals surface area contributed by atoms with Crippen LogP contribution in [0.5, 0.6) is 5.75 Å². The summed E-state index contributed by atoms with van der Waals surface area (Å²) < 4.78 is 5.80. The van der Waals surface area contributed by atoms with E-state index in [0.29, 0.717) is 29.3 Å². The van der Waals surface area contributed by atoms with Gasteiger partial charge in [-0.25, -0.2) is 0 Å². The fourth-order valence-electron chi connectivity index (χ4n) is 2.81. The highest BCUT2D eigenvalue weighted by molar-refractivity contribution is 5.96. The van der Waals surface area contributed by atoms with E-state index in [4.69, 9.17) is 4.74 Å². The number of benzene rings is 3. The molecular formula is C24H25N3O3. The van der Waals surface area contributed by atoms with Crippen molar-refractivity contribution < 1.29 is 14.3 Å². The van der Waals surface area contributed by atoms with E-state index in [1.807, 2.05) is 54.6 Å². The van der Waals surface area contributed by atoms with Gasteiger partial charge >= 0.3 is 0 Å². The molecule has 0 spiro atoms. The Morgan fingerprint density at radius 1 is 0.867 bits per heavy atom. The van der Waals surface area contributed by atoms with Crippen molar-refractivity contribution in [1.82, 2.24) is 4.90 Å². The molecule has 0 saturated heterocycles. The summed E-state index contributed by atoms with van der Waals surface area (Å²) in [6.45, 7) is 0.538. The zero-order valence-corrected chi connectivity index (χ0v) is 17.1. The first kappa shape index (κ1) is 20.9. The molecule has 30 heavy (non-hydrogen) atoms. The van der Waals surface area contributed by atoms with Gasteiger partial charge in [-0.05, 0) is 35.9 Å². The van der Waals surface area contributed by atoms with Crippen LogP contribution in [0.2, 0.25) is 0 Å². The summed E-state index contributed by atoms with van der Waals surface area (Å²) in [5.74, 6) is 0.398. The number of hydrogen-bond acceptors (Lipinski definition) is 4. The lowest BCUT2D eigenvalue weighted by Crippen LogP contribution is -2.23. The number of amides is 2. The Bertz CT molecular complexity index is 1000. The van der Waals surface area contributed by atoms with Gasteiger partial charge < -0.3 is 20.3 Å². The van der Waals surface area contributed by atoms with Crippen molar-refractivity contribution in [3.63, 3.8) is 0 Å². The first-order valence-electron chi connectivity index (χ1n) is 9.63. The van der Waals surface area contributed by atoms with E-state index in [-0.39, 0.29) is 18.4 Å². The van der Waals surface area contributed by atoms with Crippen molar-refractivity contribution in [3.8, 4) is 5.75 Å². The first-order valence-corrected chi connectivity index (χ1v) is 9.63. The summed E-state index contributed by atoms with van der Waals surface area (Å²) in [6.07, 6.45) is 0. The van der Waals surface area contributed by atoms with Crippen LogP contribution in [-0.2, 0) is 11.4 Å². The van der Waals surface area contributed by atoms with Gasteiger partial charge in [0.15, 0.2) is 0 Å². The lowest BCUT2D eigenvalue weighted by Gasteiger charge is -2.12. The highest BCUT2D eigenvalue weighted by atomic mass is 16.5. The van der Waals surface area contributed by atoms with Gasteiger partial charge in [0.1, 0.15) is 12.4 Å². The van der Waals surface area contributed by atoms with Gasteiger partial charge in [-0.15, -0.1) is 0 Å². The SMILES string of the molecule is CN(C)C(=O)c1cccc(NCC(=O)Nc2cccc(OCc3ccccc3)c2)c1. The average molecular weight is 403 g/mol. The summed E-state index contributed by atoms with van der Waals surface area (Å²) >= 11 is 0. The Kier molecular flexibility index (Phi) is 7.05. The van der Waals surface area contributed by atoms with E-state index < -0.39 is 0 Å². The highest BCUT2D eigenvalue weighted by Crippen LogP contribution is 2.19. The number of rotatable bonds is 8. The second-order valence-corrected chi connectivity index (χ2v) is 6.98. The molecule has 6 nitrogen and oxygen atoms in total. The maximum atomic E-state index is 12.3. The van der Waals surface area contributed by atoms with Crippen LogP contribution in [0.25, 0.3) is 0 Å². The fraction of sp³-hybridized carbons (Fsp3) is 0.167. The van der Waals surface area contributed by atoms with Gasteiger partial charge in [0, 0.05) is 37.1 Å². The van der Waals surface area contributed by atoms with Crippen LogP contribution in [0.15, 0.2) is 78.9 Å². The fourth-order valence-corrected chi connectivity index (χ4v) is 2.81. The van der Waals surface area contributed by atoms with E-state index in [9.17, 15) is 9.59 Å². The van der Waals surface area contributed by atoms with Crippen LogP contribution in [-0.4, -0.2) is 37.4 Å². The number of nitrogens with one attached hydrogen (secondary N) is 2. The van der Waals surface area contributed by atoms with E-state index in [2.05, 4.69) is 10.6 Å². The monoisotopic (exact) mass is 403 g/mol. The molecular weight excluding hydrogens is 378 g/mol. The minimum atomic E-state index is -0.195. The zero-order valence-electron chi connectivity index (χ0n) is 17.1. The molecule has 154 valence electrons. The van der Waals surface area contributed by atoms with Gasteiger partial charge in [0.2, 0.25) is 5.91 Å². The summed E-state index contributed by atoms with van der Waals surface area (Å²) in [5, 5.41) is 5.90. The summed E-state index contributed by atoms with van der Waals surface area (Å²) in [6, 6.07) is 24.2. The topological polar surface area (TPSA) is 70.7 Å². The quantitative estimate of drug-likeness (QED) is 0.596. The van der Waals surface area contributed by atoms with Crippen molar-refractivity contribution >= 4 is 23.2 Å². The van der Waals surface area contributed by atoms with Gasteiger partial charge in [-0.2, -0.15) is 0 Å². The summed E-state index contributed by atoms with van der Waals surface area (Å²) in [7, 11) is 3.40. The molecule has 0 aliphatic heterocycles. The Labute approximate surface area is 176 Å². The third-order valence-corrected chi connectivity index (χ3v) is 4.33. The standard InChI is InChI=1S/C24H25N3O3/c1-27(2)24(29)19-10-6-11-20(14-19)25-16-23(28)26-21-12-7-13-22(15-21)30-17-18-8-4-3-5-9-18/h3-15,25H,16-17H2,1-2H3,(H,26,28). The van der Waals surface area contributed by atoms with Crippen molar-refractivity contribution in [2.75, 3.05) is 31.3 Å². The summed E-state index contributed by atoms with van der Waals surface area (Å²) in [4.78, 5) is 25.9. The molecule has 0 saturated carbocycles. The van der Waals surface area contributed by atoms with Crippen LogP contribution in [0, 0.1) is 0 Å². The molecule has 0 aliphatic rings. The van der Waals surface area contributed by atoms with Crippen LogP contribution in [0.4, 0.5) is 11.4 Å². The number of ether oxygens (including phenoxy) is 1. The van der Waals surface area contributed by atoms with Gasteiger partial charge in [0.05, 0.1) is 6.54 Å². The molecule has 0 fully saturated rings. The lowest BCUT2D eigenvalue weighted by atomic mass is 10.2. The predicted octanol–water partition coefficient (Wildman–Crippen LogP) is 4.02. The van der Waals surface area contributed by atoms with Crippen molar-refractivity contribution in [3.05, 3.63) is 90.0 Å². The average Bonchev–Trinajstić information content (AvgIpc) is 2.77. The predicted molar refractivity (Wildman–Crippen MR) is 119 cm³/mol. The Hall–Kier alpha value is -3.80. The van der Waals surface area contributed by atoms with Crippen LogP contribution in [0.1, 0.15) is 15.9 Å². The first-order chi connectivity index (χ1) is 14.5. The lowest BCUT2D eigenvalue weighted by molar-refractivity contribution is -0.114. The molecule has 3 aromatic carbocycles. The Morgan fingerprint density at radius 2 is 1.60 bits per heavy atom. The molecule has 6 heteroatoms. The van der Waals surface area contributed by atoms with Crippen LogP contribution >= 0.6 is 0 Å². The molecule has 0 atom stereocenters. The van der Waals surface area contributed by atoms with E-state index >= 15 is 0 Å². The molecule has 2 N–H and O–H groups in total. The van der Waals surface area contributed by atoms with E-state index in [1.54, 1.807) is 38.4 Å². The molecule has 0 unspecified atom stereocenters. The van der Waals surface area contributed by atoms with E-state index in [0.717, 1.165) is 5.56 Å². The van der Waals surface area contributed by atoms with Crippen LogP contribution < -0.4 is 15.4 Å².